The summed E-state index contributed by atoms with van der Waals surface area (Å²) in [5.41, 5.74) is 19.6. The van der Waals surface area contributed by atoms with E-state index in [1.807, 2.05) is 17.4 Å². The van der Waals surface area contributed by atoms with E-state index < -0.39 is 0 Å². The summed E-state index contributed by atoms with van der Waals surface area (Å²) in [4.78, 5) is 10.6. The Morgan fingerprint density at radius 2 is 0.812 bits per heavy atom. The molecule has 302 valence electrons. The molecule has 2 heterocycles. The number of hydrogen-bond donors (Lipinski definition) is 0. The van der Waals surface area contributed by atoms with Crippen LogP contribution in [0, 0.1) is 0 Å². The molecule has 12 rings (SSSR count). The minimum atomic E-state index is -0.0556. The molecule has 0 radical (unpaired) electrons. The first kappa shape index (κ1) is 38.0. The molecule has 0 amide bonds. The van der Waals surface area contributed by atoms with Crippen molar-refractivity contribution in [3.05, 3.63) is 230 Å². The Balaban J connectivity index is 0.992. The number of benzene rings is 9. The molecule has 0 N–H and O–H groups in total. The summed E-state index contributed by atoms with van der Waals surface area (Å²) < 4.78 is 2.60. The third-order valence-corrected chi connectivity index (χ3v) is 14.2. The number of rotatable bonds is 7. The van der Waals surface area contributed by atoms with Gasteiger partial charge in [0.05, 0.1) is 11.4 Å². The standard InChI is InChI=1S/C61H42N2S/c1-61(2)54-22-11-9-20-50(54)51-30-28-46(37-55(51)61)40-24-26-41(27-25-40)56-38-57(63-60(62-56)42-16-7-4-8-17-42)49-34-47(44-19-13-18-43(32-44)39-14-5-3-6-15-39)33-48(35-49)45-29-31-59-53(36-45)52-21-10-12-23-58(52)64-59/h3-38H,1-2H3. The van der Waals surface area contributed by atoms with Gasteiger partial charge in [-0.15, -0.1) is 11.3 Å². The third-order valence-electron chi connectivity index (χ3n) is 13.1. The van der Waals surface area contributed by atoms with E-state index in [9.17, 15) is 0 Å². The van der Waals surface area contributed by atoms with E-state index in [2.05, 4.69) is 226 Å². The van der Waals surface area contributed by atoms with Crippen molar-refractivity contribution in [3.63, 3.8) is 0 Å². The van der Waals surface area contributed by atoms with Crippen molar-refractivity contribution in [1.29, 1.82) is 0 Å². The fourth-order valence-corrected chi connectivity index (χ4v) is 10.8. The lowest BCUT2D eigenvalue weighted by molar-refractivity contribution is 0.660. The molecule has 0 fully saturated rings. The fraction of sp³-hybridized carbons (Fsp3) is 0.0492. The predicted molar refractivity (Wildman–Crippen MR) is 271 cm³/mol. The summed E-state index contributed by atoms with van der Waals surface area (Å²) in [6, 6.07) is 79.2. The Labute approximate surface area is 377 Å². The summed E-state index contributed by atoms with van der Waals surface area (Å²) >= 11 is 1.85. The summed E-state index contributed by atoms with van der Waals surface area (Å²) in [6.45, 7) is 4.68. The Morgan fingerprint density at radius 3 is 1.59 bits per heavy atom. The first-order chi connectivity index (χ1) is 31.4. The lowest BCUT2D eigenvalue weighted by Gasteiger charge is -2.22. The molecule has 0 aliphatic heterocycles. The molecule has 2 nitrogen and oxygen atoms in total. The fourth-order valence-electron chi connectivity index (χ4n) is 9.70. The van der Waals surface area contributed by atoms with Crippen molar-refractivity contribution in [2.24, 2.45) is 0 Å². The highest BCUT2D eigenvalue weighted by atomic mass is 32.1. The van der Waals surface area contributed by atoms with Gasteiger partial charge >= 0.3 is 0 Å². The Kier molecular flexibility index (Phi) is 9.06. The molecule has 2 aromatic heterocycles. The van der Waals surface area contributed by atoms with Gasteiger partial charge in [0.2, 0.25) is 0 Å². The van der Waals surface area contributed by atoms with Crippen molar-refractivity contribution in [2.45, 2.75) is 19.3 Å². The van der Waals surface area contributed by atoms with Gasteiger partial charge in [0, 0.05) is 42.3 Å². The Bertz CT molecular complexity index is 3560. The molecular weight excluding hydrogens is 793 g/mol. The molecule has 64 heavy (non-hydrogen) atoms. The van der Waals surface area contributed by atoms with Crippen LogP contribution in [0.5, 0.6) is 0 Å². The van der Waals surface area contributed by atoms with Crippen LogP contribution in [0.1, 0.15) is 25.0 Å². The lowest BCUT2D eigenvalue weighted by atomic mass is 9.81. The zero-order valence-electron chi connectivity index (χ0n) is 35.6. The maximum atomic E-state index is 5.34. The predicted octanol–water partition coefficient (Wildman–Crippen LogP) is 16.8. The largest absolute Gasteiger partial charge is 0.228 e. The van der Waals surface area contributed by atoms with E-state index in [1.54, 1.807) is 0 Å². The molecule has 9 aromatic carbocycles. The van der Waals surface area contributed by atoms with E-state index in [-0.39, 0.29) is 5.41 Å². The molecule has 0 bridgehead atoms. The topological polar surface area (TPSA) is 25.8 Å². The van der Waals surface area contributed by atoms with Gasteiger partial charge in [0.1, 0.15) is 0 Å². The first-order valence-corrected chi connectivity index (χ1v) is 22.8. The quantitative estimate of drug-likeness (QED) is 0.160. The van der Waals surface area contributed by atoms with Gasteiger partial charge in [-0.25, -0.2) is 9.97 Å². The van der Waals surface area contributed by atoms with Gasteiger partial charge < -0.3 is 0 Å². The highest BCUT2D eigenvalue weighted by molar-refractivity contribution is 7.25. The number of thiophene rings is 1. The summed E-state index contributed by atoms with van der Waals surface area (Å²) in [7, 11) is 0. The third kappa shape index (κ3) is 6.64. The average molecular weight is 835 g/mol. The van der Waals surface area contributed by atoms with Gasteiger partial charge in [-0.05, 0) is 121 Å². The van der Waals surface area contributed by atoms with Crippen LogP contribution < -0.4 is 0 Å². The second-order valence-electron chi connectivity index (χ2n) is 17.4. The zero-order chi connectivity index (χ0) is 42.8. The first-order valence-electron chi connectivity index (χ1n) is 22.0. The van der Waals surface area contributed by atoms with Crippen LogP contribution in [0.2, 0.25) is 0 Å². The van der Waals surface area contributed by atoms with Gasteiger partial charge in [-0.2, -0.15) is 0 Å². The van der Waals surface area contributed by atoms with Crippen LogP contribution in [0.3, 0.4) is 0 Å². The minimum absolute atomic E-state index is 0.0556. The van der Waals surface area contributed by atoms with E-state index in [1.165, 1.54) is 70.2 Å². The molecule has 1 aliphatic carbocycles. The van der Waals surface area contributed by atoms with Crippen molar-refractivity contribution in [3.8, 4) is 89.5 Å². The molecular formula is C61H42N2S. The molecule has 3 heteroatoms. The Hall–Kier alpha value is -7.72. The van der Waals surface area contributed by atoms with Crippen LogP contribution in [0.4, 0.5) is 0 Å². The number of nitrogens with zero attached hydrogens (tertiary/aromatic N) is 2. The van der Waals surface area contributed by atoms with Gasteiger partial charge in [0.25, 0.3) is 0 Å². The van der Waals surface area contributed by atoms with Gasteiger partial charge in [0.15, 0.2) is 5.82 Å². The van der Waals surface area contributed by atoms with E-state index in [0.717, 1.165) is 44.8 Å². The molecule has 0 spiro atoms. The summed E-state index contributed by atoms with van der Waals surface area (Å²) in [5, 5.41) is 2.57. The van der Waals surface area contributed by atoms with Crippen LogP contribution >= 0.6 is 11.3 Å². The highest BCUT2D eigenvalue weighted by Crippen LogP contribution is 2.49. The maximum Gasteiger partial charge on any atom is 0.160 e. The molecule has 0 saturated carbocycles. The second-order valence-corrected chi connectivity index (χ2v) is 18.5. The number of fused-ring (bicyclic) bond motifs is 6. The van der Waals surface area contributed by atoms with Crippen molar-refractivity contribution in [1.82, 2.24) is 9.97 Å². The second kappa shape index (κ2) is 15.3. The van der Waals surface area contributed by atoms with Gasteiger partial charge in [-0.3, -0.25) is 0 Å². The van der Waals surface area contributed by atoms with Crippen molar-refractivity contribution in [2.75, 3.05) is 0 Å². The smallest absolute Gasteiger partial charge is 0.160 e. The monoisotopic (exact) mass is 834 g/mol. The van der Waals surface area contributed by atoms with E-state index in [4.69, 9.17) is 9.97 Å². The summed E-state index contributed by atoms with van der Waals surface area (Å²) in [5.74, 6) is 0.696. The molecule has 1 aliphatic rings. The van der Waals surface area contributed by atoms with Crippen molar-refractivity contribution < 1.29 is 0 Å². The summed E-state index contributed by atoms with van der Waals surface area (Å²) in [6.07, 6.45) is 0. The number of aromatic nitrogens is 2. The SMILES string of the molecule is CC1(C)c2ccccc2-c2ccc(-c3ccc(-c4cc(-c5cc(-c6cccc(-c7ccccc7)c6)cc(-c6ccc7sc8ccccc8c7c6)c5)nc(-c5ccccc5)n4)cc3)cc21. The van der Waals surface area contributed by atoms with Crippen molar-refractivity contribution >= 4 is 31.5 Å². The average Bonchev–Trinajstić information content (AvgIpc) is 3.85. The molecule has 0 unspecified atom stereocenters. The van der Waals surface area contributed by atoms with E-state index >= 15 is 0 Å². The molecule has 11 aromatic rings. The minimum Gasteiger partial charge on any atom is -0.228 e. The zero-order valence-corrected chi connectivity index (χ0v) is 36.4. The normalized spacial score (nSPS) is 12.7. The van der Waals surface area contributed by atoms with Crippen LogP contribution in [-0.4, -0.2) is 9.97 Å². The van der Waals surface area contributed by atoms with Crippen LogP contribution in [0.25, 0.3) is 110 Å². The van der Waals surface area contributed by atoms with Crippen LogP contribution in [0.15, 0.2) is 218 Å². The molecule has 0 saturated heterocycles. The lowest BCUT2D eigenvalue weighted by Crippen LogP contribution is -2.14. The van der Waals surface area contributed by atoms with E-state index in [0.29, 0.717) is 5.82 Å². The number of hydrogen-bond acceptors (Lipinski definition) is 3. The highest BCUT2D eigenvalue weighted by Gasteiger charge is 2.35. The van der Waals surface area contributed by atoms with Gasteiger partial charge in [-0.1, -0.05) is 178 Å². The van der Waals surface area contributed by atoms with Crippen LogP contribution in [-0.2, 0) is 5.41 Å². The Morgan fingerprint density at radius 1 is 0.312 bits per heavy atom. The maximum absolute atomic E-state index is 5.34. The molecule has 0 atom stereocenters.